The number of rotatable bonds is 4. The minimum Gasteiger partial charge on any atom is -0.392 e. The van der Waals surface area contributed by atoms with Gasteiger partial charge in [-0.25, -0.2) is 0 Å². The van der Waals surface area contributed by atoms with Crippen LogP contribution in [0, 0.1) is 5.92 Å². The van der Waals surface area contributed by atoms with Gasteiger partial charge in [-0.1, -0.05) is 43.2 Å². The predicted molar refractivity (Wildman–Crippen MR) is 72.4 cm³/mol. The lowest BCUT2D eigenvalue weighted by atomic mass is 9.72. The van der Waals surface area contributed by atoms with Crippen molar-refractivity contribution in [3.63, 3.8) is 0 Å². The van der Waals surface area contributed by atoms with Gasteiger partial charge in [0.2, 0.25) is 0 Å². The first-order valence-corrected chi connectivity index (χ1v) is 6.91. The van der Waals surface area contributed by atoms with Crippen molar-refractivity contribution in [2.75, 3.05) is 0 Å². The van der Waals surface area contributed by atoms with E-state index in [1.807, 2.05) is 6.07 Å². The van der Waals surface area contributed by atoms with E-state index in [0.717, 1.165) is 12.8 Å². The van der Waals surface area contributed by atoms with E-state index >= 15 is 0 Å². The number of carbonyl (C=O) groups is 1. The quantitative estimate of drug-likeness (QED) is 0.885. The summed E-state index contributed by atoms with van der Waals surface area (Å²) in [6.07, 6.45) is 4.38. The second-order valence-electron chi connectivity index (χ2n) is 5.44. The molecular formula is C16H22O2. The zero-order valence-electron chi connectivity index (χ0n) is 11.0. The lowest BCUT2D eigenvalue weighted by Gasteiger charge is -2.35. The first-order valence-electron chi connectivity index (χ1n) is 6.91. The number of hydrogen-bond donors (Lipinski definition) is 1. The molecule has 1 aromatic carbocycles. The molecule has 3 unspecified atom stereocenters. The lowest BCUT2D eigenvalue weighted by molar-refractivity contribution is -0.119. The second-order valence-corrected chi connectivity index (χ2v) is 5.44. The average molecular weight is 246 g/mol. The predicted octanol–water partition coefficient (Wildman–Crippen LogP) is 3.30. The summed E-state index contributed by atoms with van der Waals surface area (Å²) in [6, 6.07) is 10.4. The molecule has 2 heteroatoms. The lowest BCUT2D eigenvalue weighted by Crippen LogP contribution is -2.30. The number of ketones is 1. The van der Waals surface area contributed by atoms with Crippen LogP contribution in [-0.2, 0) is 4.79 Å². The minimum atomic E-state index is -0.479. The molecule has 1 fully saturated rings. The Kier molecular flexibility index (Phi) is 4.54. The van der Waals surface area contributed by atoms with Crippen molar-refractivity contribution in [2.24, 2.45) is 5.92 Å². The van der Waals surface area contributed by atoms with Gasteiger partial charge >= 0.3 is 0 Å². The first-order chi connectivity index (χ1) is 8.68. The summed E-state index contributed by atoms with van der Waals surface area (Å²) in [5, 5.41) is 10.3. The third-order valence-corrected chi connectivity index (χ3v) is 4.04. The summed E-state index contributed by atoms with van der Waals surface area (Å²) in [6.45, 7) is 1.56. The fraction of sp³-hybridized carbons (Fsp3) is 0.562. The fourth-order valence-corrected chi connectivity index (χ4v) is 3.18. The van der Waals surface area contributed by atoms with Gasteiger partial charge in [0.15, 0.2) is 0 Å². The van der Waals surface area contributed by atoms with E-state index in [4.69, 9.17) is 0 Å². The summed E-state index contributed by atoms with van der Waals surface area (Å²) in [5.74, 6) is 0.735. The molecule has 0 spiro atoms. The number of Topliss-reactive ketones (excluding diaryl/α,β-unsaturated/α-hetero) is 1. The molecule has 0 saturated heterocycles. The van der Waals surface area contributed by atoms with Crippen LogP contribution in [0.1, 0.15) is 50.5 Å². The van der Waals surface area contributed by atoms with Crippen molar-refractivity contribution in [3.05, 3.63) is 35.9 Å². The van der Waals surface area contributed by atoms with E-state index in [1.54, 1.807) is 6.92 Å². The first kappa shape index (κ1) is 13.3. The maximum atomic E-state index is 11.2. The van der Waals surface area contributed by atoms with Gasteiger partial charge in [-0.3, -0.25) is 4.79 Å². The highest BCUT2D eigenvalue weighted by atomic mass is 16.3. The Morgan fingerprint density at radius 3 is 2.61 bits per heavy atom. The molecule has 0 radical (unpaired) electrons. The van der Waals surface area contributed by atoms with E-state index < -0.39 is 6.10 Å². The van der Waals surface area contributed by atoms with Crippen LogP contribution in [0.15, 0.2) is 30.3 Å². The van der Waals surface area contributed by atoms with Crippen molar-refractivity contribution in [2.45, 2.75) is 51.0 Å². The van der Waals surface area contributed by atoms with Crippen LogP contribution in [0.3, 0.4) is 0 Å². The smallest absolute Gasteiger partial charge is 0.132 e. The van der Waals surface area contributed by atoms with Crippen molar-refractivity contribution in [1.82, 2.24) is 0 Å². The third-order valence-electron chi connectivity index (χ3n) is 4.04. The summed E-state index contributed by atoms with van der Waals surface area (Å²) >= 11 is 0. The van der Waals surface area contributed by atoms with Crippen LogP contribution in [0.2, 0.25) is 0 Å². The molecule has 0 amide bonds. The number of aliphatic hydroxyl groups is 1. The minimum absolute atomic E-state index is 0.0832. The molecule has 18 heavy (non-hydrogen) atoms. The normalized spacial score (nSPS) is 25.7. The van der Waals surface area contributed by atoms with Crippen LogP contribution >= 0.6 is 0 Å². The van der Waals surface area contributed by atoms with Crippen LogP contribution in [0.4, 0.5) is 0 Å². The second kappa shape index (κ2) is 6.14. The Labute approximate surface area is 109 Å². The highest BCUT2D eigenvalue weighted by Crippen LogP contribution is 2.40. The maximum absolute atomic E-state index is 11.2. The Morgan fingerprint density at radius 2 is 1.94 bits per heavy atom. The van der Waals surface area contributed by atoms with Gasteiger partial charge in [0.25, 0.3) is 0 Å². The van der Waals surface area contributed by atoms with Gasteiger partial charge in [-0.05, 0) is 37.2 Å². The van der Waals surface area contributed by atoms with Crippen molar-refractivity contribution >= 4 is 5.78 Å². The van der Waals surface area contributed by atoms with Gasteiger partial charge in [-0.2, -0.15) is 0 Å². The van der Waals surface area contributed by atoms with Gasteiger partial charge in [-0.15, -0.1) is 0 Å². The van der Waals surface area contributed by atoms with Crippen LogP contribution in [0.5, 0.6) is 0 Å². The summed E-state index contributed by atoms with van der Waals surface area (Å²) in [5.41, 5.74) is 1.31. The fourth-order valence-electron chi connectivity index (χ4n) is 3.18. The molecule has 2 nitrogen and oxygen atoms in total. The van der Waals surface area contributed by atoms with Gasteiger partial charge in [0.05, 0.1) is 6.10 Å². The largest absolute Gasteiger partial charge is 0.392 e. The standard InChI is InChI=1S/C16H22O2/c1-12(17)11-16(18)15-10-6-5-9-14(15)13-7-3-2-4-8-13/h2-4,7-8,14-16,18H,5-6,9-11H2,1H3. The zero-order chi connectivity index (χ0) is 13.0. The summed E-state index contributed by atoms with van der Waals surface area (Å²) < 4.78 is 0. The molecular weight excluding hydrogens is 224 g/mol. The highest BCUT2D eigenvalue weighted by Gasteiger charge is 2.32. The molecule has 0 bridgehead atoms. The van der Waals surface area contributed by atoms with Gasteiger partial charge in [0.1, 0.15) is 5.78 Å². The van der Waals surface area contributed by atoms with Crippen molar-refractivity contribution < 1.29 is 9.90 Å². The van der Waals surface area contributed by atoms with E-state index in [1.165, 1.54) is 18.4 Å². The monoisotopic (exact) mass is 246 g/mol. The van der Waals surface area contributed by atoms with Crippen molar-refractivity contribution in [1.29, 1.82) is 0 Å². The summed E-state index contributed by atoms with van der Waals surface area (Å²) in [7, 11) is 0. The molecule has 0 heterocycles. The van der Waals surface area contributed by atoms with Gasteiger partial charge in [0, 0.05) is 6.42 Å². The molecule has 2 rings (SSSR count). The third kappa shape index (κ3) is 3.20. The van der Waals surface area contributed by atoms with E-state index in [0.29, 0.717) is 12.3 Å². The molecule has 1 aliphatic rings. The Hall–Kier alpha value is -1.15. The van der Waals surface area contributed by atoms with Crippen LogP contribution < -0.4 is 0 Å². The molecule has 0 aromatic heterocycles. The zero-order valence-corrected chi connectivity index (χ0v) is 11.0. The topological polar surface area (TPSA) is 37.3 Å². The summed E-state index contributed by atoms with van der Waals surface area (Å²) in [4.78, 5) is 11.2. The molecule has 1 saturated carbocycles. The Morgan fingerprint density at radius 1 is 1.28 bits per heavy atom. The van der Waals surface area contributed by atoms with Crippen LogP contribution in [-0.4, -0.2) is 17.0 Å². The SMILES string of the molecule is CC(=O)CC(O)C1CCCCC1c1ccccc1. The molecule has 98 valence electrons. The van der Waals surface area contributed by atoms with Crippen LogP contribution in [0.25, 0.3) is 0 Å². The number of benzene rings is 1. The Balaban J connectivity index is 2.13. The molecule has 3 atom stereocenters. The highest BCUT2D eigenvalue weighted by molar-refractivity contribution is 5.76. The van der Waals surface area contributed by atoms with E-state index in [9.17, 15) is 9.90 Å². The number of carbonyl (C=O) groups excluding carboxylic acids is 1. The number of aliphatic hydroxyl groups excluding tert-OH is 1. The van der Waals surface area contributed by atoms with Crippen molar-refractivity contribution in [3.8, 4) is 0 Å². The number of hydrogen-bond acceptors (Lipinski definition) is 2. The maximum Gasteiger partial charge on any atom is 0.132 e. The molecule has 1 aromatic rings. The van der Waals surface area contributed by atoms with E-state index in [-0.39, 0.29) is 11.7 Å². The average Bonchev–Trinajstić information content (AvgIpc) is 2.39. The van der Waals surface area contributed by atoms with E-state index in [2.05, 4.69) is 24.3 Å². The Bertz CT molecular complexity index is 385. The molecule has 1 aliphatic carbocycles. The molecule has 1 N–H and O–H groups in total. The molecule has 0 aliphatic heterocycles. The van der Waals surface area contributed by atoms with Gasteiger partial charge < -0.3 is 5.11 Å².